The summed E-state index contributed by atoms with van der Waals surface area (Å²) in [6, 6.07) is -3.38. The second-order valence-corrected chi connectivity index (χ2v) is 5.83. The molecule has 4 N–H and O–H groups in total. The van der Waals surface area contributed by atoms with Gasteiger partial charge in [0.1, 0.15) is 24.5 Å². The first-order valence-corrected chi connectivity index (χ1v) is 7.77. The van der Waals surface area contributed by atoms with Crippen molar-refractivity contribution in [3.8, 4) is 0 Å². The molecule has 0 aromatic carbocycles. The third-order valence-electron chi connectivity index (χ3n) is 4.23. The van der Waals surface area contributed by atoms with Crippen LogP contribution in [0.25, 0.3) is 31.3 Å². The van der Waals surface area contributed by atoms with Crippen LogP contribution >= 0.6 is 0 Å². The van der Waals surface area contributed by atoms with Crippen LogP contribution in [0.4, 0.5) is 0 Å². The molecule has 15 heteroatoms. The summed E-state index contributed by atoms with van der Waals surface area (Å²) >= 11 is 0. The van der Waals surface area contributed by atoms with E-state index >= 15 is 0 Å². The van der Waals surface area contributed by atoms with Gasteiger partial charge in [-0.3, -0.25) is 0 Å². The highest BCUT2D eigenvalue weighted by Gasteiger charge is 2.47. The number of aliphatic hydroxyl groups excluding tert-OH is 4. The van der Waals surface area contributed by atoms with Crippen LogP contribution in [-0.4, -0.2) is 75.9 Å². The number of hydrogen-bond acceptors (Lipinski definition) is 9. The maximum absolute atomic E-state index is 10.3. The van der Waals surface area contributed by atoms with Gasteiger partial charge in [-0.2, -0.15) is 0 Å². The summed E-state index contributed by atoms with van der Waals surface area (Å²) < 4.78 is 10.9. The molecule has 1 heterocycles. The summed E-state index contributed by atoms with van der Waals surface area (Å²) in [4.78, 5) is 7.82. The lowest BCUT2D eigenvalue weighted by atomic mass is 9.84. The molecule has 0 aromatic rings. The highest BCUT2D eigenvalue weighted by Crippen LogP contribution is 2.31. The van der Waals surface area contributed by atoms with Crippen molar-refractivity contribution >= 4 is 0 Å². The fraction of sp³-hybridized carbons (Fsp3) is 0.833. The number of rotatable bonds is 6. The standard InChI is InChI=1S/C12H17N9O6/c13-19-16-5-2-6(17-20-14)11(10(25)9(5)24)27-12-8(18-21-15)7(23)1-4(3-22)26-12/h1,5-12,22-25H,2-3H2/t5?,6?,7?,8?,9?,10?,11-,12-/m1/s1. The van der Waals surface area contributed by atoms with Gasteiger partial charge in [-0.1, -0.05) is 15.3 Å². The summed E-state index contributed by atoms with van der Waals surface area (Å²) in [7, 11) is 0. The van der Waals surface area contributed by atoms with Crippen molar-refractivity contribution in [2.45, 2.75) is 55.3 Å². The second kappa shape index (κ2) is 9.28. The van der Waals surface area contributed by atoms with Gasteiger partial charge in [0.2, 0.25) is 6.29 Å². The Morgan fingerprint density at radius 2 is 1.67 bits per heavy atom. The van der Waals surface area contributed by atoms with E-state index in [0.29, 0.717) is 0 Å². The summed E-state index contributed by atoms with van der Waals surface area (Å²) in [6.45, 7) is -0.575. The first-order chi connectivity index (χ1) is 13.0. The van der Waals surface area contributed by atoms with Crippen LogP contribution in [0.1, 0.15) is 6.42 Å². The van der Waals surface area contributed by atoms with Gasteiger partial charge in [-0.25, -0.2) is 0 Å². The Kier molecular flexibility index (Phi) is 7.07. The summed E-state index contributed by atoms with van der Waals surface area (Å²) in [5.74, 6) is -0.0602. The molecule has 15 nitrogen and oxygen atoms in total. The molecule has 1 aliphatic carbocycles. The zero-order valence-corrected chi connectivity index (χ0v) is 13.7. The molecule has 8 atom stereocenters. The Labute approximate surface area is 151 Å². The smallest absolute Gasteiger partial charge is 0.211 e. The van der Waals surface area contributed by atoms with Crippen LogP contribution in [0.2, 0.25) is 0 Å². The van der Waals surface area contributed by atoms with Gasteiger partial charge in [0, 0.05) is 14.7 Å². The Morgan fingerprint density at radius 1 is 1.04 bits per heavy atom. The van der Waals surface area contributed by atoms with E-state index in [1.54, 1.807) is 0 Å². The molecule has 146 valence electrons. The molecule has 6 unspecified atom stereocenters. The van der Waals surface area contributed by atoms with Crippen molar-refractivity contribution < 1.29 is 29.9 Å². The Balaban J connectivity index is 2.30. The van der Waals surface area contributed by atoms with Crippen LogP contribution in [-0.2, 0) is 9.47 Å². The second-order valence-electron chi connectivity index (χ2n) is 5.83. The average Bonchev–Trinajstić information content (AvgIpc) is 2.65. The van der Waals surface area contributed by atoms with Crippen LogP contribution < -0.4 is 0 Å². The van der Waals surface area contributed by atoms with E-state index in [9.17, 15) is 20.4 Å². The number of ether oxygens (including phenoxy) is 2. The van der Waals surface area contributed by atoms with Crippen molar-refractivity contribution in [1.82, 2.24) is 0 Å². The lowest BCUT2D eigenvalue weighted by Gasteiger charge is -2.42. The highest BCUT2D eigenvalue weighted by molar-refractivity contribution is 5.08. The quantitative estimate of drug-likeness (QED) is 0.281. The van der Waals surface area contributed by atoms with E-state index in [0.717, 1.165) is 6.08 Å². The molecule has 0 radical (unpaired) electrons. The highest BCUT2D eigenvalue weighted by atomic mass is 16.7. The minimum atomic E-state index is -1.64. The number of aliphatic hydroxyl groups is 4. The van der Waals surface area contributed by atoms with Gasteiger partial charge in [0.15, 0.2) is 0 Å². The molecule has 0 aromatic heterocycles. The van der Waals surface area contributed by atoms with Crippen LogP contribution in [0.5, 0.6) is 0 Å². The van der Waals surface area contributed by atoms with Crippen molar-refractivity contribution in [2.24, 2.45) is 15.3 Å². The topological polar surface area (TPSA) is 246 Å². The Morgan fingerprint density at radius 3 is 2.26 bits per heavy atom. The maximum atomic E-state index is 10.3. The van der Waals surface area contributed by atoms with Crippen LogP contribution in [0.3, 0.4) is 0 Å². The largest absolute Gasteiger partial charge is 0.466 e. The first-order valence-electron chi connectivity index (χ1n) is 7.77. The number of nitrogens with zero attached hydrogens (tertiary/aromatic N) is 9. The van der Waals surface area contributed by atoms with E-state index in [1.165, 1.54) is 0 Å². The van der Waals surface area contributed by atoms with E-state index in [2.05, 4.69) is 30.1 Å². The molecule has 1 aliphatic heterocycles. The molecule has 1 fully saturated rings. The molecule has 0 amide bonds. The molecular weight excluding hydrogens is 366 g/mol. The lowest BCUT2D eigenvalue weighted by Crippen LogP contribution is -2.58. The Bertz CT molecular complexity index is 714. The molecule has 0 bridgehead atoms. The van der Waals surface area contributed by atoms with Crippen LogP contribution in [0, 0.1) is 0 Å². The maximum Gasteiger partial charge on any atom is 0.211 e. The first kappa shape index (κ1) is 20.6. The number of hydrogen-bond donors (Lipinski definition) is 4. The Hall–Kier alpha value is -2.73. The zero-order valence-electron chi connectivity index (χ0n) is 13.7. The van der Waals surface area contributed by atoms with Gasteiger partial charge in [-0.15, -0.1) is 0 Å². The average molecular weight is 383 g/mol. The fourth-order valence-electron chi connectivity index (χ4n) is 2.95. The SMILES string of the molecule is [N-]=[N+]=NC1CC(N=[N+]=[N-])[C@@H](O[C@H]2OC(CO)=CC(O)C2N=[N+]=[N-])C(O)C1O. The van der Waals surface area contributed by atoms with Crippen molar-refractivity contribution in [3.05, 3.63) is 43.2 Å². The molecule has 2 rings (SSSR count). The molecular formula is C12H17N9O6. The van der Waals surface area contributed by atoms with E-state index in [4.69, 9.17) is 26.1 Å². The predicted molar refractivity (Wildman–Crippen MR) is 86.4 cm³/mol. The molecule has 27 heavy (non-hydrogen) atoms. The lowest BCUT2D eigenvalue weighted by molar-refractivity contribution is -0.225. The zero-order chi connectivity index (χ0) is 20.0. The van der Waals surface area contributed by atoms with Crippen molar-refractivity contribution in [2.75, 3.05) is 6.61 Å². The molecule has 0 spiro atoms. The van der Waals surface area contributed by atoms with Gasteiger partial charge in [-0.05, 0) is 29.1 Å². The van der Waals surface area contributed by atoms with Gasteiger partial charge < -0.3 is 29.9 Å². The fourth-order valence-corrected chi connectivity index (χ4v) is 2.95. The predicted octanol–water partition coefficient (Wildman–Crippen LogP) is 0.127. The normalized spacial score (nSPS) is 38.3. The summed E-state index contributed by atoms with van der Waals surface area (Å²) in [5.41, 5.74) is 26.0. The van der Waals surface area contributed by atoms with Crippen LogP contribution in [0.15, 0.2) is 27.2 Å². The third-order valence-corrected chi connectivity index (χ3v) is 4.23. The van der Waals surface area contributed by atoms with Gasteiger partial charge in [0.25, 0.3) is 0 Å². The minimum Gasteiger partial charge on any atom is -0.466 e. The van der Waals surface area contributed by atoms with Crippen molar-refractivity contribution in [1.29, 1.82) is 0 Å². The monoisotopic (exact) mass is 383 g/mol. The third kappa shape index (κ3) is 4.52. The number of azide groups is 3. The molecule has 2 aliphatic rings. The molecule has 0 saturated heterocycles. The van der Waals surface area contributed by atoms with Gasteiger partial charge >= 0.3 is 0 Å². The summed E-state index contributed by atoms with van der Waals surface area (Å²) in [5, 5.41) is 49.9. The van der Waals surface area contributed by atoms with Gasteiger partial charge in [0.05, 0.1) is 30.4 Å². The minimum absolute atomic E-state index is 0.0602. The summed E-state index contributed by atoms with van der Waals surface area (Å²) in [6.07, 6.45) is -6.26. The van der Waals surface area contributed by atoms with E-state index in [-0.39, 0.29) is 12.2 Å². The van der Waals surface area contributed by atoms with E-state index < -0.39 is 55.4 Å². The van der Waals surface area contributed by atoms with E-state index in [1.807, 2.05) is 0 Å². The van der Waals surface area contributed by atoms with Crippen molar-refractivity contribution in [3.63, 3.8) is 0 Å². The molecule has 1 saturated carbocycles.